The van der Waals surface area contributed by atoms with Crippen LogP contribution in [0.5, 0.6) is 11.5 Å². The minimum Gasteiger partial charge on any atom is -0.496 e. The van der Waals surface area contributed by atoms with E-state index in [2.05, 4.69) is 10.3 Å². The number of methoxy groups -OCH3 is 1. The standard InChI is InChI=1S/C19H22F2N2O3/c1-12-9-14(5-8-17(12)25-4)18(24)23-13(2)16-7-6-15(10-22-16)26-11-19(3,20)21/h5-10,13H,11H2,1-4H3,(H,23,24)/t13-/m1/s1. The zero-order chi connectivity index (χ0) is 19.3. The van der Waals surface area contributed by atoms with Gasteiger partial charge in [0.05, 0.1) is 25.0 Å². The minimum atomic E-state index is -2.91. The zero-order valence-electron chi connectivity index (χ0n) is 15.2. The van der Waals surface area contributed by atoms with Gasteiger partial charge >= 0.3 is 0 Å². The van der Waals surface area contributed by atoms with Crippen LogP contribution < -0.4 is 14.8 Å². The Morgan fingerprint density at radius 2 is 2.04 bits per heavy atom. The van der Waals surface area contributed by atoms with Crippen LogP contribution in [0.3, 0.4) is 0 Å². The summed E-state index contributed by atoms with van der Waals surface area (Å²) in [5.74, 6) is -2.18. The van der Waals surface area contributed by atoms with E-state index in [1.54, 1.807) is 44.4 Å². The van der Waals surface area contributed by atoms with E-state index in [1.807, 2.05) is 6.92 Å². The molecule has 1 aromatic carbocycles. The highest BCUT2D eigenvalue weighted by atomic mass is 19.3. The highest BCUT2D eigenvalue weighted by Gasteiger charge is 2.22. The average molecular weight is 364 g/mol. The van der Waals surface area contributed by atoms with Crippen LogP contribution >= 0.6 is 0 Å². The molecule has 0 spiro atoms. The largest absolute Gasteiger partial charge is 0.496 e. The van der Waals surface area contributed by atoms with Gasteiger partial charge in [-0.2, -0.15) is 0 Å². The molecule has 1 aromatic heterocycles. The lowest BCUT2D eigenvalue weighted by atomic mass is 10.1. The Hall–Kier alpha value is -2.70. The van der Waals surface area contributed by atoms with E-state index in [0.29, 0.717) is 17.0 Å². The maximum atomic E-state index is 12.8. The molecular weight excluding hydrogens is 342 g/mol. The number of amides is 1. The van der Waals surface area contributed by atoms with Gasteiger partial charge < -0.3 is 14.8 Å². The summed E-state index contributed by atoms with van der Waals surface area (Å²) in [7, 11) is 1.57. The normalized spacial score (nSPS) is 12.4. The fraction of sp³-hybridized carbons (Fsp3) is 0.368. The lowest BCUT2D eigenvalue weighted by Gasteiger charge is -2.15. The molecule has 1 amide bonds. The van der Waals surface area contributed by atoms with E-state index in [4.69, 9.17) is 9.47 Å². The van der Waals surface area contributed by atoms with Gasteiger partial charge in [0, 0.05) is 12.5 Å². The Kier molecular flexibility index (Phi) is 6.13. The molecule has 1 atom stereocenters. The summed E-state index contributed by atoms with van der Waals surface area (Å²) in [6.45, 7) is 3.72. The molecule has 0 fully saturated rings. The molecule has 1 N–H and O–H groups in total. The lowest BCUT2D eigenvalue weighted by molar-refractivity contribution is -0.0230. The van der Waals surface area contributed by atoms with E-state index in [1.165, 1.54) is 6.20 Å². The number of aryl methyl sites for hydroxylation is 1. The molecule has 0 saturated carbocycles. The number of halogens is 2. The first-order valence-corrected chi connectivity index (χ1v) is 8.11. The predicted molar refractivity (Wildman–Crippen MR) is 94.0 cm³/mol. The number of nitrogens with one attached hydrogen (secondary N) is 1. The van der Waals surface area contributed by atoms with E-state index in [-0.39, 0.29) is 17.7 Å². The second-order valence-corrected chi connectivity index (χ2v) is 6.16. The minimum absolute atomic E-state index is 0.240. The van der Waals surface area contributed by atoms with Crippen LogP contribution in [0.4, 0.5) is 8.78 Å². The van der Waals surface area contributed by atoms with E-state index in [9.17, 15) is 13.6 Å². The summed E-state index contributed by atoms with van der Waals surface area (Å²) >= 11 is 0. The van der Waals surface area contributed by atoms with Gasteiger partial charge in [0.2, 0.25) is 0 Å². The van der Waals surface area contributed by atoms with E-state index < -0.39 is 12.5 Å². The van der Waals surface area contributed by atoms with Gasteiger partial charge in [-0.25, -0.2) is 8.78 Å². The van der Waals surface area contributed by atoms with Crippen molar-refractivity contribution in [1.82, 2.24) is 10.3 Å². The van der Waals surface area contributed by atoms with E-state index >= 15 is 0 Å². The number of aromatic nitrogens is 1. The van der Waals surface area contributed by atoms with Crippen molar-refractivity contribution in [2.75, 3.05) is 13.7 Å². The highest BCUT2D eigenvalue weighted by molar-refractivity contribution is 5.94. The Labute approximate surface area is 151 Å². The number of hydrogen-bond acceptors (Lipinski definition) is 4. The third-order valence-electron chi connectivity index (χ3n) is 3.70. The fourth-order valence-electron chi connectivity index (χ4n) is 2.32. The van der Waals surface area contributed by atoms with Crippen LogP contribution in [0.25, 0.3) is 0 Å². The number of hydrogen-bond donors (Lipinski definition) is 1. The number of benzene rings is 1. The molecule has 7 heteroatoms. The zero-order valence-corrected chi connectivity index (χ0v) is 15.2. The Morgan fingerprint density at radius 3 is 2.58 bits per heavy atom. The third-order valence-corrected chi connectivity index (χ3v) is 3.70. The molecule has 0 aliphatic rings. The van der Waals surface area contributed by atoms with Gasteiger partial charge in [-0.15, -0.1) is 0 Å². The van der Waals surface area contributed by atoms with Crippen molar-refractivity contribution in [2.45, 2.75) is 32.7 Å². The maximum absolute atomic E-state index is 12.8. The summed E-state index contributed by atoms with van der Waals surface area (Å²) in [5, 5.41) is 2.85. The van der Waals surface area contributed by atoms with Crippen molar-refractivity contribution in [3.8, 4) is 11.5 Å². The number of nitrogens with zero attached hydrogens (tertiary/aromatic N) is 1. The van der Waals surface area contributed by atoms with Crippen molar-refractivity contribution in [3.05, 3.63) is 53.3 Å². The molecule has 2 rings (SSSR count). The summed E-state index contributed by atoms with van der Waals surface area (Å²) < 4.78 is 35.8. The van der Waals surface area contributed by atoms with Crippen molar-refractivity contribution in [2.24, 2.45) is 0 Å². The first-order valence-electron chi connectivity index (χ1n) is 8.11. The summed E-state index contributed by atoms with van der Waals surface area (Å²) in [6.07, 6.45) is 1.36. The summed E-state index contributed by atoms with van der Waals surface area (Å²) in [6, 6.07) is 8.00. The van der Waals surface area contributed by atoms with Crippen LogP contribution in [0.15, 0.2) is 36.5 Å². The highest BCUT2D eigenvalue weighted by Crippen LogP contribution is 2.20. The molecule has 26 heavy (non-hydrogen) atoms. The summed E-state index contributed by atoms with van der Waals surface area (Å²) in [5.41, 5.74) is 1.97. The fourth-order valence-corrected chi connectivity index (χ4v) is 2.32. The van der Waals surface area contributed by atoms with Gasteiger partial charge in [0.15, 0.2) is 6.61 Å². The van der Waals surface area contributed by atoms with Crippen LogP contribution in [-0.2, 0) is 0 Å². The Bertz CT molecular complexity index is 758. The number of alkyl halides is 2. The SMILES string of the molecule is COc1ccc(C(=O)N[C@H](C)c2ccc(OCC(C)(F)F)cn2)cc1C. The molecule has 1 heterocycles. The molecule has 0 aliphatic heterocycles. The Balaban J connectivity index is 1.99. The topological polar surface area (TPSA) is 60.5 Å². The molecule has 2 aromatic rings. The van der Waals surface area contributed by atoms with Gasteiger partial charge in [-0.05, 0) is 49.7 Å². The third kappa shape index (κ3) is 5.40. The van der Waals surface area contributed by atoms with Gasteiger partial charge in [-0.3, -0.25) is 9.78 Å². The van der Waals surface area contributed by atoms with E-state index in [0.717, 1.165) is 12.5 Å². The average Bonchev–Trinajstić information content (AvgIpc) is 2.59. The van der Waals surface area contributed by atoms with Crippen LogP contribution in [-0.4, -0.2) is 30.5 Å². The number of ether oxygens (including phenoxy) is 2. The molecule has 0 bridgehead atoms. The second-order valence-electron chi connectivity index (χ2n) is 6.16. The number of rotatable bonds is 7. The maximum Gasteiger partial charge on any atom is 0.278 e. The van der Waals surface area contributed by atoms with Crippen molar-refractivity contribution >= 4 is 5.91 Å². The monoisotopic (exact) mass is 364 g/mol. The van der Waals surface area contributed by atoms with Crippen LogP contribution in [0.1, 0.15) is 41.5 Å². The molecule has 5 nitrogen and oxygen atoms in total. The number of pyridine rings is 1. The van der Waals surface area contributed by atoms with Crippen LogP contribution in [0.2, 0.25) is 0 Å². The molecule has 0 aliphatic carbocycles. The first kappa shape index (κ1) is 19.6. The second kappa shape index (κ2) is 8.12. The number of carbonyl (C=O) groups excluding carboxylic acids is 1. The van der Waals surface area contributed by atoms with Crippen molar-refractivity contribution < 1.29 is 23.0 Å². The first-order chi connectivity index (χ1) is 12.2. The molecule has 0 radical (unpaired) electrons. The smallest absolute Gasteiger partial charge is 0.278 e. The van der Waals surface area contributed by atoms with Crippen molar-refractivity contribution in [3.63, 3.8) is 0 Å². The van der Waals surface area contributed by atoms with Gasteiger partial charge in [-0.1, -0.05) is 0 Å². The molecule has 0 unspecified atom stereocenters. The molecule has 0 saturated heterocycles. The summed E-state index contributed by atoms with van der Waals surface area (Å²) in [4.78, 5) is 16.5. The quantitative estimate of drug-likeness (QED) is 0.809. The molecular formula is C19H22F2N2O3. The number of carbonyl (C=O) groups is 1. The van der Waals surface area contributed by atoms with Gasteiger partial charge in [0.25, 0.3) is 11.8 Å². The predicted octanol–water partition coefficient (Wildman–Crippen LogP) is 3.92. The van der Waals surface area contributed by atoms with Crippen molar-refractivity contribution in [1.29, 1.82) is 0 Å². The lowest BCUT2D eigenvalue weighted by Crippen LogP contribution is -2.27. The Morgan fingerprint density at radius 1 is 1.31 bits per heavy atom. The van der Waals surface area contributed by atoms with Crippen LogP contribution in [0, 0.1) is 6.92 Å². The van der Waals surface area contributed by atoms with Gasteiger partial charge in [0.1, 0.15) is 11.5 Å². The molecule has 140 valence electrons.